The number of urea groups is 1. The first-order valence-corrected chi connectivity index (χ1v) is 11.6. The van der Waals surface area contributed by atoms with Crippen LogP contribution in [0.25, 0.3) is 4.72 Å². The number of carbonyl (C=O) groups excluding carboxylic acids is 1. The molecule has 1 aliphatic heterocycles. The van der Waals surface area contributed by atoms with Crippen molar-refractivity contribution in [3.8, 4) is 11.8 Å². The number of methoxy groups -OCH3 is 2. The Labute approximate surface area is 215 Å². The molecule has 1 aliphatic rings. The number of hydrogen-bond acceptors (Lipinski definition) is 8. The van der Waals surface area contributed by atoms with Crippen molar-refractivity contribution in [3.05, 3.63) is 28.2 Å². The van der Waals surface area contributed by atoms with Crippen molar-refractivity contribution in [2.24, 2.45) is 0 Å². The van der Waals surface area contributed by atoms with Crippen molar-refractivity contribution in [1.82, 2.24) is 14.8 Å². The van der Waals surface area contributed by atoms with E-state index in [9.17, 15) is 13.2 Å². The summed E-state index contributed by atoms with van der Waals surface area (Å²) in [6.45, 7) is 8.24. The SMILES string of the molecule is COc1cc(C(C)C)c(NC(=O)[N-]S(=O)(=O)c2cnn3c2OC[C@@H](OC)C3)c(C(C)C)n1.[Na+]. The monoisotopic (exact) mass is 489 g/mol. The number of nitrogens with one attached hydrogen (secondary N) is 1. The van der Waals surface area contributed by atoms with Gasteiger partial charge < -0.3 is 24.2 Å². The average molecular weight is 490 g/mol. The summed E-state index contributed by atoms with van der Waals surface area (Å²) in [6.07, 6.45) is 0.873. The molecule has 0 fully saturated rings. The van der Waals surface area contributed by atoms with Crippen LogP contribution in [0.4, 0.5) is 10.5 Å². The number of anilines is 1. The van der Waals surface area contributed by atoms with Crippen LogP contribution in [-0.4, -0.2) is 56.1 Å². The summed E-state index contributed by atoms with van der Waals surface area (Å²) in [6, 6.07) is 0.681. The van der Waals surface area contributed by atoms with Gasteiger partial charge in [0.1, 0.15) is 12.7 Å². The van der Waals surface area contributed by atoms with Crippen LogP contribution in [0.1, 0.15) is 50.8 Å². The van der Waals surface area contributed by atoms with Gasteiger partial charge in [0.15, 0.2) is 10.9 Å². The van der Waals surface area contributed by atoms with E-state index in [2.05, 4.69) is 20.1 Å². The number of amides is 2. The quantitative estimate of drug-likeness (QED) is 0.547. The number of nitrogens with zero attached hydrogens (tertiary/aromatic N) is 4. The molecule has 3 rings (SSSR count). The van der Waals surface area contributed by atoms with Crippen molar-refractivity contribution in [2.45, 2.75) is 57.1 Å². The van der Waals surface area contributed by atoms with Crippen LogP contribution in [0.3, 0.4) is 0 Å². The van der Waals surface area contributed by atoms with Gasteiger partial charge in [0.25, 0.3) is 0 Å². The molecular formula is C20H28N5NaO6S. The van der Waals surface area contributed by atoms with Crippen LogP contribution in [0.15, 0.2) is 17.2 Å². The van der Waals surface area contributed by atoms with E-state index in [1.165, 1.54) is 18.9 Å². The second kappa shape index (κ2) is 11.0. The molecule has 0 unspecified atom stereocenters. The zero-order valence-corrected chi connectivity index (χ0v) is 22.8. The molecule has 0 radical (unpaired) electrons. The second-order valence-electron chi connectivity index (χ2n) is 7.98. The van der Waals surface area contributed by atoms with Crippen molar-refractivity contribution in [3.63, 3.8) is 0 Å². The van der Waals surface area contributed by atoms with Crippen LogP contribution in [-0.2, 0) is 21.3 Å². The summed E-state index contributed by atoms with van der Waals surface area (Å²) < 4.78 is 46.4. The van der Waals surface area contributed by atoms with Crippen LogP contribution < -0.4 is 44.3 Å². The molecule has 3 heterocycles. The van der Waals surface area contributed by atoms with Gasteiger partial charge in [-0.25, -0.2) is 18.1 Å². The molecule has 13 heteroatoms. The molecular weight excluding hydrogens is 461 g/mol. The Bertz CT molecular complexity index is 1070. The number of rotatable bonds is 7. The van der Waals surface area contributed by atoms with Gasteiger partial charge in [0.05, 0.1) is 25.5 Å². The Morgan fingerprint density at radius 2 is 1.97 bits per heavy atom. The first-order chi connectivity index (χ1) is 15.1. The minimum absolute atomic E-state index is 0. The van der Waals surface area contributed by atoms with Gasteiger partial charge in [-0.2, -0.15) is 5.10 Å². The van der Waals surface area contributed by atoms with Gasteiger partial charge in [-0.15, -0.1) is 0 Å². The maximum Gasteiger partial charge on any atom is 1.00 e. The number of aromatic nitrogens is 3. The van der Waals surface area contributed by atoms with E-state index in [0.29, 0.717) is 23.8 Å². The molecule has 2 aromatic rings. The molecule has 2 aromatic heterocycles. The zero-order chi connectivity index (χ0) is 23.6. The average Bonchev–Trinajstić information content (AvgIpc) is 3.17. The fraction of sp³-hybridized carbons (Fsp3) is 0.550. The Hall–Kier alpha value is -1.86. The molecule has 176 valence electrons. The molecule has 33 heavy (non-hydrogen) atoms. The predicted octanol–water partition coefficient (Wildman–Crippen LogP) is 0.239. The van der Waals surface area contributed by atoms with E-state index in [0.717, 1.165) is 11.8 Å². The third-order valence-corrected chi connectivity index (χ3v) is 6.26. The van der Waals surface area contributed by atoms with E-state index in [1.54, 1.807) is 6.07 Å². The van der Waals surface area contributed by atoms with E-state index < -0.39 is 16.1 Å². The molecule has 2 amide bonds. The van der Waals surface area contributed by atoms with Gasteiger partial charge in [-0.1, -0.05) is 27.7 Å². The van der Waals surface area contributed by atoms with E-state index in [-0.39, 0.29) is 64.9 Å². The molecule has 0 spiro atoms. The molecule has 0 saturated heterocycles. The summed E-state index contributed by atoms with van der Waals surface area (Å²) in [5, 5.41) is 6.64. The molecule has 11 nitrogen and oxygen atoms in total. The van der Waals surface area contributed by atoms with Crippen LogP contribution in [0.5, 0.6) is 11.8 Å². The van der Waals surface area contributed by atoms with Crippen molar-refractivity contribution in [2.75, 3.05) is 26.1 Å². The maximum absolute atomic E-state index is 12.8. The predicted molar refractivity (Wildman–Crippen MR) is 117 cm³/mol. The number of fused-ring (bicyclic) bond motifs is 1. The summed E-state index contributed by atoms with van der Waals surface area (Å²) >= 11 is 0. The van der Waals surface area contributed by atoms with E-state index >= 15 is 0 Å². The number of carbonyl (C=O) groups is 1. The topological polar surface area (TPSA) is 136 Å². The van der Waals surface area contributed by atoms with E-state index in [4.69, 9.17) is 14.2 Å². The summed E-state index contributed by atoms with van der Waals surface area (Å²) in [7, 11) is -1.32. The molecule has 1 N–H and O–H groups in total. The Morgan fingerprint density at radius 3 is 2.55 bits per heavy atom. The molecule has 0 saturated carbocycles. The summed E-state index contributed by atoms with van der Waals surface area (Å²) in [5.74, 6) is 0.408. The van der Waals surface area contributed by atoms with Crippen LogP contribution in [0.2, 0.25) is 0 Å². The van der Waals surface area contributed by atoms with E-state index in [1.807, 2.05) is 27.7 Å². The normalized spacial score (nSPS) is 15.5. The molecule has 0 bridgehead atoms. The second-order valence-corrected chi connectivity index (χ2v) is 9.56. The Morgan fingerprint density at radius 1 is 1.27 bits per heavy atom. The largest absolute Gasteiger partial charge is 1.00 e. The molecule has 0 aromatic carbocycles. The summed E-state index contributed by atoms with van der Waals surface area (Å²) in [5.41, 5.74) is 1.76. The minimum Gasteiger partial charge on any atom is -0.481 e. The Balaban J connectivity index is 0.00000385. The smallest absolute Gasteiger partial charge is 0.481 e. The fourth-order valence-corrected chi connectivity index (χ4v) is 4.26. The van der Waals surface area contributed by atoms with Gasteiger partial charge in [0.2, 0.25) is 21.8 Å². The third kappa shape index (κ3) is 5.99. The molecule has 0 aliphatic carbocycles. The van der Waals surface area contributed by atoms with Crippen LogP contribution in [0, 0.1) is 0 Å². The third-order valence-electron chi connectivity index (χ3n) is 5.02. The first kappa shape index (κ1) is 27.4. The Kier molecular flexibility index (Phi) is 9.16. The molecule has 1 atom stereocenters. The minimum atomic E-state index is -4.36. The van der Waals surface area contributed by atoms with Crippen molar-refractivity contribution < 1.29 is 57.0 Å². The standard InChI is InChI=1S/C20H29N5O6S.Na/c1-11(2)14-7-16(30-6)22-17(12(3)4)18(14)23-20(26)24-32(27,28)15-8-21-25-9-13(29-5)10-31-19(15)25;/h7-8,11-13H,9-10H2,1-6H3,(H2,23,24,26);/q;+1/p-1/t13-;/m0./s1. The number of sulfonamides is 1. The van der Waals surface area contributed by atoms with Gasteiger partial charge in [-0.3, -0.25) is 4.79 Å². The van der Waals surface area contributed by atoms with Crippen molar-refractivity contribution in [1.29, 1.82) is 0 Å². The number of hydrogen-bond donors (Lipinski definition) is 1. The van der Waals surface area contributed by atoms with Crippen molar-refractivity contribution >= 4 is 21.7 Å². The number of pyridine rings is 1. The first-order valence-electron chi connectivity index (χ1n) is 10.2. The maximum atomic E-state index is 12.8. The fourth-order valence-electron chi connectivity index (χ4n) is 3.33. The van der Waals surface area contributed by atoms with Gasteiger partial charge in [0, 0.05) is 13.2 Å². The summed E-state index contributed by atoms with van der Waals surface area (Å²) in [4.78, 5) is 16.8. The number of ether oxygens (including phenoxy) is 3. The van der Waals surface area contributed by atoms with Gasteiger partial charge in [-0.05, 0) is 23.1 Å². The zero-order valence-electron chi connectivity index (χ0n) is 19.9. The van der Waals surface area contributed by atoms with Gasteiger partial charge >= 0.3 is 29.6 Å². The van der Waals surface area contributed by atoms with Crippen LogP contribution >= 0.6 is 0 Å².